The SMILES string of the molecule is CCC1(CNC2CC(N)c3ccccc32)CC1. The zero-order valence-electron chi connectivity index (χ0n) is 10.6. The van der Waals surface area contributed by atoms with Crippen molar-refractivity contribution in [3.8, 4) is 0 Å². The third-order valence-electron chi connectivity index (χ3n) is 4.69. The predicted octanol–water partition coefficient (Wildman–Crippen LogP) is 2.91. The van der Waals surface area contributed by atoms with E-state index in [1.165, 1.54) is 30.4 Å². The third-order valence-corrected chi connectivity index (χ3v) is 4.69. The van der Waals surface area contributed by atoms with Crippen LogP contribution in [0.25, 0.3) is 0 Å². The maximum Gasteiger partial charge on any atom is 0.0341 e. The molecule has 3 rings (SSSR count). The molecule has 0 amide bonds. The molecule has 92 valence electrons. The minimum absolute atomic E-state index is 0.223. The highest BCUT2D eigenvalue weighted by Crippen LogP contribution is 2.48. The van der Waals surface area contributed by atoms with Crippen molar-refractivity contribution in [1.82, 2.24) is 5.32 Å². The van der Waals surface area contributed by atoms with Crippen molar-refractivity contribution in [2.24, 2.45) is 11.1 Å². The Labute approximate surface area is 104 Å². The first kappa shape index (κ1) is 11.2. The van der Waals surface area contributed by atoms with Crippen LogP contribution >= 0.6 is 0 Å². The lowest BCUT2D eigenvalue weighted by molar-refractivity contribution is 0.395. The number of fused-ring (bicyclic) bond motifs is 1. The number of rotatable bonds is 4. The summed E-state index contributed by atoms with van der Waals surface area (Å²) in [6.45, 7) is 3.47. The monoisotopic (exact) mass is 230 g/mol. The molecule has 0 heterocycles. The summed E-state index contributed by atoms with van der Waals surface area (Å²) in [4.78, 5) is 0. The van der Waals surface area contributed by atoms with Crippen molar-refractivity contribution in [1.29, 1.82) is 0 Å². The van der Waals surface area contributed by atoms with Crippen molar-refractivity contribution in [2.45, 2.75) is 44.7 Å². The lowest BCUT2D eigenvalue weighted by atomic mass is 10.0. The van der Waals surface area contributed by atoms with E-state index in [-0.39, 0.29) is 6.04 Å². The summed E-state index contributed by atoms with van der Waals surface area (Å²) in [5.41, 5.74) is 9.56. The molecule has 0 aromatic heterocycles. The van der Waals surface area contributed by atoms with E-state index in [2.05, 4.69) is 36.5 Å². The molecule has 1 aromatic rings. The van der Waals surface area contributed by atoms with Crippen molar-refractivity contribution in [2.75, 3.05) is 6.54 Å². The quantitative estimate of drug-likeness (QED) is 0.834. The van der Waals surface area contributed by atoms with Crippen LogP contribution in [0.3, 0.4) is 0 Å². The number of nitrogens with two attached hydrogens (primary N) is 1. The van der Waals surface area contributed by atoms with Crippen LogP contribution in [-0.4, -0.2) is 6.54 Å². The first-order valence-corrected chi connectivity index (χ1v) is 6.82. The van der Waals surface area contributed by atoms with Gasteiger partial charge in [0.05, 0.1) is 0 Å². The van der Waals surface area contributed by atoms with E-state index in [1.807, 2.05) is 0 Å². The second-order valence-corrected chi connectivity index (χ2v) is 5.76. The van der Waals surface area contributed by atoms with Crippen molar-refractivity contribution >= 4 is 0 Å². The highest BCUT2D eigenvalue weighted by Gasteiger charge is 2.41. The largest absolute Gasteiger partial charge is 0.324 e. The second-order valence-electron chi connectivity index (χ2n) is 5.76. The standard InChI is InChI=1S/C15H22N2/c1-2-15(7-8-15)10-17-14-9-13(16)11-5-3-4-6-12(11)14/h3-6,13-14,17H,2,7-10,16H2,1H3. The van der Waals surface area contributed by atoms with Gasteiger partial charge in [0.25, 0.3) is 0 Å². The maximum atomic E-state index is 6.18. The molecule has 2 atom stereocenters. The smallest absolute Gasteiger partial charge is 0.0341 e. The Balaban J connectivity index is 1.70. The molecule has 2 nitrogen and oxygen atoms in total. The van der Waals surface area contributed by atoms with E-state index in [0.717, 1.165) is 13.0 Å². The zero-order chi connectivity index (χ0) is 11.9. The molecule has 0 bridgehead atoms. The molecule has 2 aliphatic rings. The van der Waals surface area contributed by atoms with Gasteiger partial charge in [0.2, 0.25) is 0 Å². The molecular formula is C15H22N2. The van der Waals surface area contributed by atoms with Gasteiger partial charge in [0.1, 0.15) is 0 Å². The minimum Gasteiger partial charge on any atom is -0.324 e. The Hall–Kier alpha value is -0.860. The first-order valence-electron chi connectivity index (χ1n) is 6.82. The Bertz CT molecular complexity index is 409. The molecule has 2 heteroatoms. The summed E-state index contributed by atoms with van der Waals surface area (Å²) in [5.74, 6) is 0. The molecule has 3 N–H and O–H groups in total. The predicted molar refractivity (Wildman–Crippen MR) is 70.7 cm³/mol. The van der Waals surface area contributed by atoms with E-state index >= 15 is 0 Å². The average molecular weight is 230 g/mol. The summed E-state index contributed by atoms with van der Waals surface area (Å²) >= 11 is 0. The zero-order valence-corrected chi connectivity index (χ0v) is 10.6. The molecule has 17 heavy (non-hydrogen) atoms. The van der Waals surface area contributed by atoms with Crippen LogP contribution in [0.4, 0.5) is 0 Å². The molecule has 1 fully saturated rings. The van der Waals surface area contributed by atoms with Crippen LogP contribution in [0.2, 0.25) is 0 Å². The molecule has 0 saturated heterocycles. The Kier molecular flexibility index (Phi) is 2.72. The fourth-order valence-electron chi connectivity index (χ4n) is 3.04. The van der Waals surface area contributed by atoms with Crippen LogP contribution in [0, 0.1) is 5.41 Å². The fraction of sp³-hybridized carbons (Fsp3) is 0.600. The van der Waals surface area contributed by atoms with Gasteiger partial charge in [-0.25, -0.2) is 0 Å². The highest BCUT2D eigenvalue weighted by atomic mass is 15.0. The number of hydrogen-bond acceptors (Lipinski definition) is 2. The van der Waals surface area contributed by atoms with Crippen LogP contribution in [0.5, 0.6) is 0 Å². The molecule has 0 radical (unpaired) electrons. The normalized spacial score (nSPS) is 29.1. The Morgan fingerprint density at radius 1 is 1.29 bits per heavy atom. The maximum absolute atomic E-state index is 6.18. The molecule has 2 unspecified atom stereocenters. The van der Waals surface area contributed by atoms with Gasteiger partial charge in [-0.05, 0) is 42.2 Å². The van der Waals surface area contributed by atoms with Gasteiger partial charge < -0.3 is 11.1 Å². The summed E-state index contributed by atoms with van der Waals surface area (Å²) in [7, 11) is 0. The first-order chi connectivity index (χ1) is 8.24. The van der Waals surface area contributed by atoms with Gasteiger partial charge in [0, 0.05) is 18.6 Å². The van der Waals surface area contributed by atoms with E-state index < -0.39 is 0 Å². The van der Waals surface area contributed by atoms with Gasteiger partial charge in [-0.15, -0.1) is 0 Å². The van der Waals surface area contributed by atoms with Crippen LogP contribution in [-0.2, 0) is 0 Å². The molecule has 0 aliphatic heterocycles. The lowest BCUT2D eigenvalue weighted by Crippen LogP contribution is -2.27. The lowest BCUT2D eigenvalue weighted by Gasteiger charge is -2.19. The number of nitrogens with one attached hydrogen (secondary N) is 1. The molecule has 0 spiro atoms. The van der Waals surface area contributed by atoms with Crippen LogP contribution in [0.15, 0.2) is 24.3 Å². The topological polar surface area (TPSA) is 38.0 Å². The Morgan fingerprint density at radius 2 is 2.00 bits per heavy atom. The number of hydrogen-bond donors (Lipinski definition) is 2. The second kappa shape index (κ2) is 4.11. The third kappa shape index (κ3) is 2.00. The number of benzene rings is 1. The van der Waals surface area contributed by atoms with Crippen LogP contribution < -0.4 is 11.1 Å². The Morgan fingerprint density at radius 3 is 2.65 bits per heavy atom. The highest BCUT2D eigenvalue weighted by molar-refractivity contribution is 5.37. The van der Waals surface area contributed by atoms with Crippen molar-refractivity contribution in [3.63, 3.8) is 0 Å². The fourth-order valence-corrected chi connectivity index (χ4v) is 3.04. The van der Waals surface area contributed by atoms with Gasteiger partial charge >= 0.3 is 0 Å². The molecular weight excluding hydrogens is 208 g/mol. The molecule has 1 saturated carbocycles. The van der Waals surface area contributed by atoms with E-state index in [1.54, 1.807) is 0 Å². The molecule has 2 aliphatic carbocycles. The van der Waals surface area contributed by atoms with Crippen LogP contribution in [0.1, 0.15) is 55.8 Å². The van der Waals surface area contributed by atoms with E-state index in [9.17, 15) is 0 Å². The minimum atomic E-state index is 0.223. The van der Waals surface area contributed by atoms with E-state index in [4.69, 9.17) is 5.73 Å². The summed E-state index contributed by atoms with van der Waals surface area (Å²) in [5, 5.41) is 3.74. The van der Waals surface area contributed by atoms with Gasteiger partial charge in [-0.2, -0.15) is 0 Å². The summed E-state index contributed by atoms with van der Waals surface area (Å²) in [6.07, 6.45) is 5.16. The van der Waals surface area contributed by atoms with Gasteiger partial charge in [-0.3, -0.25) is 0 Å². The summed E-state index contributed by atoms with van der Waals surface area (Å²) < 4.78 is 0. The van der Waals surface area contributed by atoms with E-state index in [0.29, 0.717) is 11.5 Å². The summed E-state index contributed by atoms with van der Waals surface area (Å²) in [6, 6.07) is 9.32. The van der Waals surface area contributed by atoms with Gasteiger partial charge in [0.15, 0.2) is 0 Å². The molecule has 1 aromatic carbocycles. The van der Waals surface area contributed by atoms with Crippen molar-refractivity contribution in [3.05, 3.63) is 35.4 Å². The average Bonchev–Trinajstić information content (AvgIpc) is 3.08. The van der Waals surface area contributed by atoms with Crippen molar-refractivity contribution < 1.29 is 0 Å². The van der Waals surface area contributed by atoms with Gasteiger partial charge in [-0.1, -0.05) is 31.2 Å².